The second-order valence-electron chi connectivity index (χ2n) is 11.1. The zero-order valence-corrected chi connectivity index (χ0v) is 23.0. The van der Waals surface area contributed by atoms with Crippen LogP contribution in [0.3, 0.4) is 0 Å². The number of nitrogens with one attached hydrogen (secondary N) is 1. The van der Waals surface area contributed by atoms with E-state index in [1.165, 1.54) is 6.08 Å². The number of aliphatic hydroxyl groups is 1. The molecule has 3 aromatic carbocycles. The molecule has 2 aliphatic rings. The Morgan fingerprint density at radius 2 is 1.50 bits per heavy atom. The van der Waals surface area contributed by atoms with Crippen molar-refractivity contribution in [2.45, 2.75) is 51.4 Å². The minimum absolute atomic E-state index is 0.0432. The van der Waals surface area contributed by atoms with Crippen molar-refractivity contribution in [1.82, 2.24) is 5.32 Å². The van der Waals surface area contributed by atoms with Gasteiger partial charge in [0.05, 0.1) is 17.8 Å². The molecule has 1 amide bonds. The van der Waals surface area contributed by atoms with Crippen molar-refractivity contribution in [2.75, 3.05) is 13.2 Å². The van der Waals surface area contributed by atoms with Gasteiger partial charge < -0.3 is 24.5 Å². The quantitative estimate of drug-likeness (QED) is 0.355. The molecule has 0 saturated carbocycles. The first-order valence-corrected chi connectivity index (χ1v) is 13.2. The smallest absolute Gasteiger partial charge is 0.449 e. The topological polar surface area (TPSA) is 77.0 Å². The van der Waals surface area contributed by atoms with Crippen LogP contribution in [0.5, 0.6) is 0 Å². The summed E-state index contributed by atoms with van der Waals surface area (Å²) in [7, 11) is -0.873. The first-order chi connectivity index (χ1) is 19.0. The molecule has 0 atom stereocenters. The van der Waals surface area contributed by atoms with Crippen LogP contribution in [0, 0.1) is 11.6 Å². The second kappa shape index (κ2) is 10.8. The van der Waals surface area contributed by atoms with Crippen molar-refractivity contribution >= 4 is 19.3 Å². The number of hydrogen-bond acceptors (Lipinski definition) is 5. The molecule has 9 heteroatoms. The second-order valence-corrected chi connectivity index (χ2v) is 11.1. The van der Waals surface area contributed by atoms with Gasteiger partial charge in [0, 0.05) is 18.0 Å². The minimum Gasteiger partial charge on any atom is -0.449 e. The van der Waals surface area contributed by atoms with Gasteiger partial charge in [-0.15, -0.1) is 0 Å². The number of rotatable bonds is 7. The van der Waals surface area contributed by atoms with Gasteiger partial charge in [0.25, 0.3) is 0 Å². The number of aliphatic hydroxyl groups excluding tert-OH is 1. The maximum atomic E-state index is 14.4. The molecule has 2 N–H and O–H groups in total. The van der Waals surface area contributed by atoms with Gasteiger partial charge >= 0.3 is 13.2 Å². The molecule has 1 aliphatic heterocycles. The zero-order valence-electron chi connectivity index (χ0n) is 23.0. The molecule has 208 valence electrons. The average Bonchev–Trinajstić information content (AvgIpc) is 3.34. The molecule has 0 bridgehead atoms. The lowest BCUT2D eigenvalue weighted by Crippen LogP contribution is -2.41. The Morgan fingerprint density at radius 3 is 2.02 bits per heavy atom. The van der Waals surface area contributed by atoms with Gasteiger partial charge in [0.15, 0.2) is 0 Å². The summed E-state index contributed by atoms with van der Waals surface area (Å²) in [6.07, 6.45) is 0.872. The highest BCUT2D eigenvalue weighted by Crippen LogP contribution is 2.44. The number of ether oxygens (including phenoxy) is 1. The standard InChI is InChI=1S/C31H32BF2NO5/c1-30(2)31(3,4)40-32(39-30)20(13-19-14-27(33)25(17-36)28(34)15-19)16-35-29(37)38-18-26-23-11-7-5-9-21(23)22-10-6-8-12-24(22)26/h5-15,26,36H,16-18H2,1-4H3,(H,35,37). The van der Waals surface area contributed by atoms with E-state index in [1.54, 1.807) is 0 Å². The van der Waals surface area contributed by atoms with E-state index in [4.69, 9.17) is 14.0 Å². The maximum absolute atomic E-state index is 14.4. The molecule has 6 nitrogen and oxygen atoms in total. The van der Waals surface area contributed by atoms with Crippen molar-refractivity contribution in [1.29, 1.82) is 0 Å². The number of fused-ring (bicyclic) bond motifs is 3. The summed E-state index contributed by atoms with van der Waals surface area (Å²) in [5, 5.41) is 12.0. The van der Waals surface area contributed by atoms with E-state index in [2.05, 4.69) is 17.4 Å². The van der Waals surface area contributed by atoms with Crippen LogP contribution in [0.4, 0.5) is 13.6 Å². The van der Waals surface area contributed by atoms with Gasteiger partial charge in [-0.3, -0.25) is 0 Å². The molecular formula is C31H32BF2NO5. The number of amides is 1. The number of carbonyl (C=O) groups is 1. The fourth-order valence-corrected chi connectivity index (χ4v) is 5.09. The Balaban J connectivity index is 1.33. The van der Waals surface area contributed by atoms with Crippen LogP contribution in [0.1, 0.15) is 55.9 Å². The largest absolute Gasteiger partial charge is 0.492 e. The first kappa shape index (κ1) is 28.0. The molecule has 1 saturated heterocycles. The molecule has 40 heavy (non-hydrogen) atoms. The summed E-state index contributed by atoms with van der Waals surface area (Å²) in [5.74, 6) is -1.83. The van der Waals surface area contributed by atoms with Gasteiger partial charge in [0.1, 0.15) is 18.2 Å². The lowest BCUT2D eigenvalue weighted by Gasteiger charge is -2.32. The van der Waals surface area contributed by atoms with Crippen LogP contribution in [0.2, 0.25) is 0 Å². The number of benzene rings is 3. The van der Waals surface area contributed by atoms with E-state index < -0.39 is 48.2 Å². The third-order valence-electron chi connectivity index (χ3n) is 8.01. The average molecular weight is 547 g/mol. The van der Waals surface area contributed by atoms with E-state index in [9.17, 15) is 18.7 Å². The Hall–Kier alpha value is -3.53. The fraction of sp³-hybridized carbons (Fsp3) is 0.323. The zero-order chi connectivity index (χ0) is 28.7. The number of carbonyl (C=O) groups excluding carboxylic acids is 1. The lowest BCUT2D eigenvalue weighted by atomic mass is 9.77. The van der Waals surface area contributed by atoms with E-state index >= 15 is 0 Å². The summed E-state index contributed by atoms with van der Waals surface area (Å²) >= 11 is 0. The molecule has 0 radical (unpaired) electrons. The summed E-state index contributed by atoms with van der Waals surface area (Å²) in [6.45, 7) is 6.90. The first-order valence-electron chi connectivity index (χ1n) is 13.2. The molecule has 0 aromatic heterocycles. The summed E-state index contributed by atoms with van der Waals surface area (Å²) in [4.78, 5) is 12.9. The highest BCUT2D eigenvalue weighted by molar-refractivity contribution is 6.56. The van der Waals surface area contributed by atoms with Gasteiger partial charge in [0.2, 0.25) is 0 Å². The fourth-order valence-electron chi connectivity index (χ4n) is 5.09. The van der Waals surface area contributed by atoms with Gasteiger partial charge in [-0.05, 0) is 73.1 Å². The van der Waals surface area contributed by atoms with Gasteiger partial charge in [-0.1, -0.05) is 54.6 Å². The van der Waals surface area contributed by atoms with E-state index in [1.807, 2.05) is 64.1 Å². The predicted octanol–water partition coefficient (Wildman–Crippen LogP) is 6.01. The van der Waals surface area contributed by atoms with Crippen LogP contribution in [-0.2, 0) is 20.7 Å². The summed E-state index contributed by atoms with van der Waals surface area (Å²) < 4.78 is 46.7. The van der Waals surface area contributed by atoms with Gasteiger partial charge in [-0.25, -0.2) is 13.6 Å². The SMILES string of the molecule is CC1(C)OB(C(=Cc2cc(F)c(CO)c(F)c2)CNC(=O)OCC2c3ccccc3-c3ccccc32)OC1(C)C. The molecule has 0 unspecified atom stereocenters. The van der Waals surface area contributed by atoms with Crippen molar-refractivity contribution in [3.63, 3.8) is 0 Å². The van der Waals surface area contributed by atoms with E-state index in [0.717, 1.165) is 34.4 Å². The van der Waals surface area contributed by atoms with Crippen molar-refractivity contribution in [2.24, 2.45) is 0 Å². The minimum atomic E-state index is -0.873. The van der Waals surface area contributed by atoms with E-state index in [0.29, 0.717) is 5.47 Å². The Bertz CT molecular complexity index is 1390. The molecule has 1 aliphatic carbocycles. The lowest BCUT2D eigenvalue weighted by molar-refractivity contribution is 0.00578. The highest BCUT2D eigenvalue weighted by Gasteiger charge is 2.52. The molecule has 5 rings (SSSR count). The Morgan fingerprint density at radius 1 is 0.975 bits per heavy atom. The van der Waals surface area contributed by atoms with Crippen molar-refractivity contribution in [3.05, 3.63) is 100 Å². The van der Waals surface area contributed by atoms with Gasteiger partial charge in [-0.2, -0.15) is 0 Å². The maximum Gasteiger partial charge on any atom is 0.492 e. The molecule has 0 spiro atoms. The number of alkyl carbamates (subject to hydrolysis) is 1. The normalized spacial score (nSPS) is 17.5. The van der Waals surface area contributed by atoms with E-state index in [-0.39, 0.29) is 24.6 Å². The number of hydrogen-bond donors (Lipinski definition) is 2. The van der Waals surface area contributed by atoms with Crippen LogP contribution in [-0.4, -0.2) is 42.7 Å². The predicted molar refractivity (Wildman–Crippen MR) is 149 cm³/mol. The van der Waals surface area contributed by atoms with Crippen molar-refractivity contribution in [3.8, 4) is 11.1 Å². The molecule has 1 fully saturated rings. The Kier molecular flexibility index (Phi) is 7.57. The monoisotopic (exact) mass is 547 g/mol. The van der Waals surface area contributed by atoms with Crippen LogP contribution >= 0.6 is 0 Å². The molecule has 1 heterocycles. The number of halogens is 2. The third kappa shape index (κ3) is 5.29. The third-order valence-corrected chi connectivity index (χ3v) is 8.01. The summed E-state index contributed by atoms with van der Waals surface area (Å²) in [6, 6.07) is 18.4. The van der Waals surface area contributed by atoms with Crippen molar-refractivity contribution < 1.29 is 32.7 Å². The van der Waals surface area contributed by atoms with Crippen LogP contribution in [0.25, 0.3) is 17.2 Å². The highest BCUT2D eigenvalue weighted by atomic mass is 19.1. The Labute approximate surface area is 233 Å². The van der Waals surface area contributed by atoms with Crippen LogP contribution < -0.4 is 5.32 Å². The molecular weight excluding hydrogens is 515 g/mol. The van der Waals surface area contributed by atoms with Crippen LogP contribution in [0.15, 0.2) is 66.1 Å². The summed E-state index contributed by atoms with van der Waals surface area (Å²) in [5.41, 5.74) is 3.36. The molecule has 3 aromatic rings.